The number of benzene rings is 1. The summed E-state index contributed by atoms with van der Waals surface area (Å²) in [6.07, 6.45) is 7.03. The third kappa shape index (κ3) is 3.02. The summed E-state index contributed by atoms with van der Waals surface area (Å²) in [7, 11) is 0. The Morgan fingerprint density at radius 2 is 1.97 bits per heavy atom. The van der Waals surface area contributed by atoms with E-state index in [1.165, 1.54) is 25.7 Å². The van der Waals surface area contributed by atoms with Gasteiger partial charge in [0.15, 0.2) is 11.5 Å². The Kier molecular flexibility index (Phi) is 4.66. The number of rotatable bonds is 3. The second-order valence-corrected chi connectivity index (χ2v) is 8.84. The molecule has 1 aromatic carbocycles. The third-order valence-corrected chi connectivity index (χ3v) is 7.01. The molecule has 0 spiro atoms. The highest BCUT2D eigenvalue weighted by Gasteiger charge is 2.45. The zero-order chi connectivity index (χ0) is 20.8. The van der Waals surface area contributed by atoms with Crippen molar-refractivity contribution in [2.45, 2.75) is 58.4 Å². The van der Waals surface area contributed by atoms with Crippen LogP contribution in [-0.2, 0) is 6.42 Å². The summed E-state index contributed by atoms with van der Waals surface area (Å²) in [6, 6.07) is 10.3. The zero-order valence-corrected chi connectivity index (χ0v) is 17.6. The lowest BCUT2D eigenvalue weighted by atomic mass is 9.76. The number of aryl methyl sites for hydroxylation is 2. The number of hydrazone groups is 1. The molecular weight excluding hydrogens is 372 g/mol. The fourth-order valence-corrected chi connectivity index (χ4v) is 5.53. The first-order chi connectivity index (χ1) is 14.6. The maximum atomic E-state index is 11.8. The minimum absolute atomic E-state index is 0.00844. The molecule has 3 aliphatic rings. The van der Waals surface area contributed by atoms with E-state index in [4.69, 9.17) is 11.7 Å². The molecule has 1 aromatic heterocycles. The summed E-state index contributed by atoms with van der Waals surface area (Å²) in [5, 5.41) is 7.41. The molecule has 0 N–H and O–H groups in total. The Bertz CT molecular complexity index is 1090. The van der Waals surface area contributed by atoms with E-state index in [9.17, 15) is 4.79 Å². The SMILES string of the molecule is [C-]#[N+]c1ccc(N2N=C3c4ccc(C(C)=O)nc4CCC3C2C2CCCC2)cc1C. The lowest BCUT2D eigenvalue weighted by molar-refractivity contribution is 0.101. The van der Waals surface area contributed by atoms with E-state index in [2.05, 4.69) is 20.9 Å². The first kappa shape index (κ1) is 19.0. The van der Waals surface area contributed by atoms with Crippen LogP contribution in [0.25, 0.3) is 4.85 Å². The first-order valence-electron chi connectivity index (χ1n) is 10.9. The van der Waals surface area contributed by atoms with Crippen LogP contribution < -0.4 is 5.01 Å². The molecule has 1 fully saturated rings. The molecular formula is C25H26N4O. The minimum Gasteiger partial charge on any atom is -0.293 e. The van der Waals surface area contributed by atoms with Gasteiger partial charge in [-0.1, -0.05) is 18.9 Å². The van der Waals surface area contributed by atoms with Crippen LogP contribution in [0.15, 0.2) is 35.4 Å². The first-order valence-corrected chi connectivity index (χ1v) is 10.9. The van der Waals surface area contributed by atoms with Crippen molar-refractivity contribution in [3.05, 3.63) is 64.3 Å². The number of hydrogen-bond acceptors (Lipinski definition) is 4. The summed E-state index contributed by atoms with van der Waals surface area (Å²) in [6.45, 7) is 10.9. The van der Waals surface area contributed by atoms with Crippen molar-refractivity contribution in [2.75, 3.05) is 5.01 Å². The molecule has 2 aliphatic carbocycles. The number of pyridine rings is 1. The van der Waals surface area contributed by atoms with Crippen LogP contribution in [0.4, 0.5) is 11.4 Å². The molecule has 30 heavy (non-hydrogen) atoms. The van der Waals surface area contributed by atoms with E-state index < -0.39 is 0 Å². The summed E-state index contributed by atoms with van der Waals surface area (Å²) in [5.41, 5.74) is 6.56. The zero-order valence-electron chi connectivity index (χ0n) is 17.6. The molecule has 2 atom stereocenters. The van der Waals surface area contributed by atoms with Crippen LogP contribution in [0.2, 0.25) is 0 Å². The summed E-state index contributed by atoms with van der Waals surface area (Å²) >= 11 is 0. The van der Waals surface area contributed by atoms with Crippen molar-refractivity contribution >= 4 is 22.9 Å². The lowest BCUT2D eigenvalue weighted by Crippen LogP contribution is -2.40. The highest BCUT2D eigenvalue weighted by molar-refractivity contribution is 6.07. The topological polar surface area (TPSA) is 49.9 Å². The van der Waals surface area contributed by atoms with Gasteiger partial charge in [0.1, 0.15) is 5.69 Å². The van der Waals surface area contributed by atoms with Crippen molar-refractivity contribution in [1.82, 2.24) is 4.98 Å². The van der Waals surface area contributed by atoms with Crippen LogP contribution >= 0.6 is 0 Å². The number of hydrogen-bond donors (Lipinski definition) is 0. The van der Waals surface area contributed by atoms with Gasteiger partial charge >= 0.3 is 0 Å². The fraction of sp³-hybridized carbons (Fsp3) is 0.440. The molecule has 2 aromatic rings. The Morgan fingerprint density at radius 1 is 1.17 bits per heavy atom. The average Bonchev–Trinajstić information content (AvgIpc) is 3.40. The predicted molar refractivity (Wildman–Crippen MR) is 118 cm³/mol. The maximum Gasteiger partial charge on any atom is 0.190 e. The number of anilines is 1. The van der Waals surface area contributed by atoms with Gasteiger partial charge in [0.2, 0.25) is 0 Å². The van der Waals surface area contributed by atoms with Gasteiger partial charge in [0, 0.05) is 18.4 Å². The van der Waals surface area contributed by atoms with E-state index in [0.717, 1.165) is 41.1 Å². The van der Waals surface area contributed by atoms with E-state index in [1.807, 2.05) is 31.2 Å². The Morgan fingerprint density at radius 3 is 2.67 bits per heavy atom. The number of ketones is 1. The highest BCUT2D eigenvalue weighted by Crippen LogP contribution is 2.44. The van der Waals surface area contributed by atoms with Crippen molar-refractivity contribution in [3.63, 3.8) is 0 Å². The molecule has 152 valence electrons. The molecule has 0 bridgehead atoms. The molecule has 0 radical (unpaired) electrons. The summed E-state index contributed by atoms with van der Waals surface area (Å²) < 4.78 is 0. The Labute approximate surface area is 177 Å². The van der Waals surface area contributed by atoms with Crippen molar-refractivity contribution in [1.29, 1.82) is 0 Å². The van der Waals surface area contributed by atoms with Crippen molar-refractivity contribution in [3.8, 4) is 0 Å². The second kappa shape index (κ2) is 7.36. The summed E-state index contributed by atoms with van der Waals surface area (Å²) in [4.78, 5) is 20.1. The van der Waals surface area contributed by atoms with Crippen LogP contribution in [0.1, 0.15) is 66.3 Å². The Balaban J connectivity index is 1.59. The fourth-order valence-electron chi connectivity index (χ4n) is 5.53. The lowest BCUT2D eigenvalue weighted by Gasteiger charge is -2.34. The molecule has 1 aliphatic heterocycles. The molecule has 5 nitrogen and oxygen atoms in total. The van der Waals surface area contributed by atoms with Gasteiger partial charge in [-0.2, -0.15) is 5.10 Å². The molecule has 0 amide bonds. The number of aromatic nitrogens is 1. The standard InChI is InChI=1S/C25H26N4O/c1-15-14-18(8-11-21(15)26-3)29-25(17-6-4-5-7-17)20-10-13-23-19(24(20)28-29)9-12-22(27-23)16(2)30/h8-9,11-12,14,17,20,25H,4-7,10,13H2,1-2H3. The quantitative estimate of drug-likeness (QED) is 0.507. The molecule has 1 saturated carbocycles. The maximum absolute atomic E-state index is 11.8. The van der Waals surface area contributed by atoms with Crippen LogP contribution in [0, 0.1) is 25.3 Å². The smallest absolute Gasteiger partial charge is 0.190 e. The minimum atomic E-state index is 0.00844. The van der Waals surface area contributed by atoms with Gasteiger partial charge < -0.3 is 0 Å². The Hall–Kier alpha value is -3.00. The van der Waals surface area contributed by atoms with Gasteiger partial charge in [0.05, 0.1) is 29.7 Å². The van der Waals surface area contributed by atoms with Crippen LogP contribution in [0.3, 0.4) is 0 Å². The van der Waals surface area contributed by atoms with E-state index in [1.54, 1.807) is 6.92 Å². The molecule has 5 rings (SSSR count). The number of Topliss-reactive ketones (excluding diaryl/α,β-unsaturated/α-hetero) is 1. The number of fused-ring (bicyclic) bond motifs is 3. The van der Waals surface area contributed by atoms with Gasteiger partial charge in [-0.3, -0.25) is 9.80 Å². The van der Waals surface area contributed by atoms with Gasteiger partial charge in [-0.15, -0.1) is 0 Å². The van der Waals surface area contributed by atoms with Gasteiger partial charge in [-0.05, 0) is 68.4 Å². The molecule has 0 saturated heterocycles. The average molecular weight is 399 g/mol. The van der Waals surface area contributed by atoms with E-state index in [-0.39, 0.29) is 5.78 Å². The molecule has 2 unspecified atom stereocenters. The number of carbonyl (C=O) groups is 1. The van der Waals surface area contributed by atoms with Crippen LogP contribution in [-0.4, -0.2) is 22.5 Å². The van der Waals surface area contributed by atoms with Gasteiger partial charge in [-0.25, -0.2) is 9.83 Å². The van der Waals surface area contributed by atoms with Crippen LogP contribution in [0.5, 0.6) is 0 Å². The van der Waals surface area contributed by atoms with E-state index in [0.29, 0.717) is 29.3 Å². The molecule has 5 heteroatoms. The van der Waals surface area contributed by atoms with Crippen molar-refractivity contribution < 1.29 is 4.79 Å². The van der Waals surface area contributed by atoms with E-state index >= 15 is 0 Å². The summed E-state index contributed by atoms with van der Waals surface area (Å²) in [5.74, 6) is 1.05. The third-order valence-electron chi connectivity index (χ3n) is 7.01. The van der Waals surface area contributed by atoms with Gasteiger partial charge in [0.25, 0.3) is 0 Å². The normalized spacial score (nSPS) is 23.0. The highest BCUT2D eigenvalue weighted by atomic mass is 16.1. The number of carbonyl (C=O) groups excluding carboxylic acids is 1. The number of nitrogens with zero attached hydrogens (tertiary/aromatic N) is 4. The largest absolute Gasteiger partial charge is 0.293 e. The predicted octanol–water partition coefficient (Wildman–Crippen LogP) is 5.49. The monoisotopic (exact) mass is 398 g/mol. The molecule has 2 heterocycles. The van der Waals surface area contributed by atoms with Crippen molar-refractivity contribution in [2.24, 2.45) is 16.9 Å². The second-order valence-electron chi connectivity index (χ2n) is 8.84.